The van der Waals surface area contributed by atoms with Crippen molar-refractivity contribution in [2.75, 3.05) is 14.2 Å². The molecule has 0 saturated carbocycles. The highest BCUT2D eigenvalue weighted by Crippen LogP contribution is 2.28. The Balaban J connectivity index is 0.000000451. The van der Waals surface area contributed by atoms with Crippen molar-refractivity contribution >= 4 is 17.8 Å². The lowest BCUT2D eigenvalue weighted by Crippen LogP contribution is -2.40. The minimum absolute atomic E-state index is 0.0473. The number of ether oxygens (including phenoxy) is 1. The fourth-order valence-electron chi connectivity index (χ4n) is 3.10. The highest BCUT2D eigenvalue weighted by molar-refractivity contribution is 6.06. The second-order valence-corrected chi connectivity index (χ2v) is 7.34. The van der Waals surface area contributed by atoms with Gasteiger partial charge in [-0.2, -0.15) is 13.2 Å². The van der Waals surface area contributed by atoms with Crippen LogP contribution in [-0.2, 0) is 16.0 Å². The standard InChI is InChI=1S/C20H23N3O2.C2HF3O2/c1-20(18(24)23(2)19(21)22-20)11-10-14-6-4-7-15(12-14)16-8-5-9-17(13-16)25-3;3-2(4,5)1(6)7/h4-9,12-13H,10-11H2,1-3H3,(H2,21,22);(H,6,7). The molecule has 10 heteroatoms. The van der Waals surface area contributed by atoms with E-state index in [0.29, 0.717) is 6.42 Å². The van der Waals surface area contributed by atoms with Crippen LogP contribution in [0.4, 0.5) is 13.2 Å². The number of nitrogens with zero attached hydrogens (tertiary/aromatic N) is 2. The number of hydrogen-bond acceptors (Lipinski definition) is 5. The number of guanidine groups is 1. The topological polar surface area (TPSA) is 105 Å². The fraction of sp³-hybridized carbons (Fsp3) is 0.318. The van der Waals surface area contributed by atoms with Crippen LogP contribution in [-0.4, -0.2) is 53.7 Å². The summed E-state index contributed by atoms with van der Waals surface area (Å²) in [4.78, 5) is 27.0. The van der Waals surface area contributed by atoms with E-state index in [1.54, 1.807) is 14.2 Å². The summed E-state index contributed by atoms with van der Waals surface area (Å²) < 4.78 is 37.0. The Morgan fingerprint density at radius 3 is 2.25 bits per heavy atom. The molecule has 1 atom stereocenters. The zero-order valence-electron chi connectivity index (χ0n) is 17.8. The number of rotatable bonds is 5. The Morgan fingerprint density at radius 2 is 1.75 bits per heavy atom. The lowest BCUT2D eigenvalue weighted by atomic mass is 9.92. The van der Waals surface area contributed by atoms with Crippen LogP contribution in [0.1, 0.15) is 18.9 Å². The monoisotopic (exact) mass is 451 g/mol. The molecular formula is C22H24F3N3O4. The molecule has 2 aromatic rings. The summed E-state index contributed by atoms with van der Waals surface area (Å²) in [7, 11) is 3.33. The number of carboxylic acid groups (broad SMARTS) is 1. The molecule has 0 bridgehead atoms. The van der Waals surface area contributed by atoms with E-state index in [1.165, 1.54) is 4.90 Å². The number of methoxy groups -OCH3 is 1. The number of carboxylic acids is 1. The van der Waals surface area contributed by atoms with E-state index in [1.807, 2.05) is 31.2 Å². The van der Waals surface area contributed by atoms with Crippen LogP contribution in [0.15, 0.2) is 53.5 Å². The van der Waals surface area contributed by atoms with Gasteiger partial charge in [0, 0.05) is 7.05 Å². The van der Waals surface area contributed by atoms with Crippen LogP contribution in [0.3, 0.4) is 0 Å². The van der Waals surface area contributed by atoms with Crippen molar-refractivity contribution in [2.45, 2.75) is 31.5 Å². The number of halogens is 3. The van der Waals surface area contributed by atoms with Crippen molar-refractivity contribution in [2.24, 2.45) is 10.7 Å². The molecule has 1 heterocycles. The van der Waals surface area contributed by atoms with Gasteiger partial charge in [-0.15, -0.1) is 0 Å². The minimum Gasteiger partial charge on any atom is -0.497 e. The molecule has 1 aliphatic rings. The van der Waals surface area contributed by atoms with Crippen molar-refractivity contribution < 1.29 is 32.6 Å². The van der Waals surface area contributed by atoms with Crippen LogP contribution in [0.5, 0.6) is 5.75 Å². The van der Waals surface area contributed by atoms with Crippen molar-refractivity contribution in [3.8, 4) is 16.9 Å². The van der Waals surface area contributed by atoms with Gasteiger partial charge in [-0.05, 0) is 48.6 Å². The van der Waals surface area contributed by atoms with Gasteiger partial charge >= 0.3 is 12.1 Å². The van der Waals surface area contributed by atoms with Crippen LogP contribution in [0.2, 0.25) is 0 Å². The van der Waals surface area contributed by atoms with Crippen LogP contribution < -0.4 is 10.5 Å². The summed E-state index contributed by atoms with van der Waals surface area (Å²) in [5, 5.41) is 7.12. The number of aryl methyl sites for hydroxylation is 1. The highest BCUT2D eigenvalue weighted by Gasteiger charge is 2.41. The van der Waals surface area contributed by atoms with E-state index in [9.17, 15) is 18.0 Å². The van der Waals surface area contributed by atoms with Crippen molar-refractivity contribution in [3.05, 3.63) is 54.1 Å². The predicted molar refractivity (Wildman–Crippen MR) is 113 cm³/mol. The number of benzene rings is 2. The normalized spacial score (nSPS) is 18.0. The third-order valence-electron chi connectivity index (χ3n) is 4.94. The number of carbonyl (C=O) groups excluding carboxylic acids is 1. The molecule has 0 aliphatic carbocycles. The first kappa shape index (κ1) is 24.7. The summed E-state index contributed by atoms with van der Waals surface area (Å²) in [6.45, 7) is 1.84. The second-order valence-electron chi connectivity index (χ2n) is 7.34. The Morgan fingerprint density at radius 1 is 1.19 bits per heavy atom. The van der Waals surface area contributed by atoms with Crippen molar-refractivity contribution in [1.29, 1.82) is 0 Å². The maximum absolute atomic E-state index is 12.3. The van der Waals surface area contributed by atoms with Gasteiger partial charge in [0.25, 0.3) is 5.91 Å². The zero-order chi connectivity index (χ0) is 24.1. The van der Waals surface area contributed by atoms with Crippen molar-refractivity contribution in [1.82, 2.24) is 4.90 Å². The number of aliphatic imine (C=N–C) groups is 1. The highest BCUT2D eigenvalue weighted by atomic mass is 19.4. The molecule has 1 amide bonds. The fourth-order valence-corrected chi connectivity index (χ4v) is 3.10. The summed E-state index contributed by atoms with van der Waals surface area (Å²) in [5.74, 6) is -1.68. The maximum atomic E-state index is 12.3. The number of alkyl halides is 3. The summed E-state index contributed by atoms with van der Waals surface area (Å²) >= 11 is 0. The van der Waals surface area contributed by atoms with E-state index in [2.05, 4.69) is 29.3 Å². The van der Waals surface area contributed by atoms with Gasteiger partial charge in [-0.25, -0.2) is 9.79 Å². The van der Waals surface area contributed by atoms with E-state index < -0.39 is 17.7 Å². The molecule has 7 nitrogen and oxygen atoms in total. The molecule has 0 aromatic heterocycles. The van der Waals surface area contributed by atoms with Crippen LogP contribution >= 0.6 is 0 Å². The van der Waals surface area contributed by atoms with Gasteiger partial charge in [0.1, 0.15) is 11.3 Å². The van der Waals surface area contributed by atoms with Gasteiger partial charge in [-0.3, -0.25) is 9.69 Å². The summed E-state index contributed by atoms with van der Waals surface area (Å²) in [6, 6.07) is 16.3. The number of nitrogens with two attached hydrogens (primary N) is 1. The van der Waals surface area contributed by atoms with E-state index >= 15 is 0 Å². The molecule has 1 aliphatic heterocycles. The molecule has 2 aromatic carbocycles. The van der Waals surface area contributed by atoms with Gasteiger partial charge in [0.2, 0.25) is 0 Å². The quantitative estimate of drug-likeness (QED) is 0.724. The van der Waals surface area contributed by atoms with Crippen molar-refractivity contribution in [3.63, 3.8) is 0 Å². The molecule has 32 heavy (non-hydrogen) atoms. The van der Waals surface area contributed by atoms with E-state index in [0.717, 1.165) is 28.9 Å². The van der Waals surface area contributed by atoms with E-state index in [4.69, 9.17) is 20.4 Å². The molecule has 3 N–H and O–H groups in total. The number of likely N-dealkylation sites (N-methyl/N-ethyl adjacent to an activating group) is 1. The van der Waals surface area contributed by atoms with Crippen LogP contribution in [0, 0.1) is 0 Å². The minimum atomic E-state index is -5.08. The molecular weight excluding hydrogens is 427 g/mol. The molecule has 1 unspecified atom stereocenters. The lowest BCUT2D eigenvalue weighted by molar-refractivity contribution is -0.192. The smallest absolute Gasteiger partial charge is 0.490 e. The average molecular weight is 451 g/mol. The molecule has 3 rings (SSSR count). The number of amides is 1. The maximum Gasteiger partial charge on any atom is 0.490 e. The molecule has 0 fully saturated rings. The summed E-state index contributed by atoms with van der Waals surface area (Å²) in [6.07, 6.45) is -3.71. The van der Waals surface area contributed by atoms with Gasteiger partial charge in [-0.1, -0.05) is 36.4 Å². The molecule has 0 saturated heterocycles. The number of aliphatic carboxylic acids is 1. The second kappa shape index (κ2) is 9.71. The average Bonchev–Trinajstić information content (AvgIpc) is 2.95. The van der Waals surface area contributed by atoms with Gasteiger partial charge in [0.15, 0.2) is 5.96 Å². The zero-order valence-corrected chi connectivity index (χ0v) is 17.8. The number of carbonyl (C=O) groups is 2. The van der Waals surface area contributed by atoms with E-state index in [-0.39, 0.29) is 11.9 Å². The third-order valence-corrected chi connectivity index (χ3v) is 4.94. The SMILES string of the molecule is COc1cccc(-c2cccc(CCC3(C)N=C(N)N(C)C3=O)c2)c1.O=C(O)C(F)(F)F. The molecule has 0 spiro atoms. The Bertz CT molecular complexity index is 1020. The third kappa shape index (κ3) is 5.99. The molecule has 0 radical (unpaired) electrons. The first-order chi connectivity index (χ1) is 14.9. The van der Waals surface area contributed by atoms with Gasteiger partial charge < -0.3 is 15.6 Å². The number of hydrogen-bond donors (Lipinski definition) is 2. The lowest BCUT2D eigenvalue weighted by Gasteiger charge is -2.19. The first-order valence-corrected chi connectivity index (χ1v) is 9.54. The predicted octanol–water partition coefficient (Wildman–Crippen LogP) is 3.47. The van der Waals surface area contributed by atoms with Gasteiger partial charge in [0.05, 0.1) is 7.11 Å². The first-order valence-electron chi connectivity index (χ1n) is 9.54. The Labute approximate surface area is 183 Å². The molecule has 172 valence electrons. The Kier molecular flexibility index (Phi) is 7.50. The summed E-state index contributed by atoms with van der Waals surface area (Å²) in [5.41, 5.74) is 8.40. The Hall–Kier alpha value is -3.56. The largest absolute Gasteiger partial charge is 0.497 e. The van der Waals surface area contributed by atoms with Crippen LogP contribution in [0.25, 0.3) is 11.1 Å².